The Bertz CT molecular complexity index is 286. The van der Waals surface area contributed by atoms with Crippen LogP contribution in [0.25, 0.3) is 0 Å². The second-order valence-electron chi connectivity index (χ2n) is 2.48. The van der Waals surface area contributed by atoms with Crippen molar-refractivity contribution < 1.29 is 4.92 Å². The lowest BCUT2D eigenvalue weighted by Crippen LogP contribution is -2.11. The zero-order valence-corrected chi connectivity index (χ0v) is 6.78. The first-order valence-electron chi connectivity index (χ1n) is 3.61. The lowest BCUT2D eigenvalue weighted by molar-refractivity contribution is -0.473. The second kappa shape index (κ2) is 3.71. The standard InChI is InChI=1S/C8H10N2O2/c1-7-4-2-3-5-8(7)9-6-10(11)12/h2-5,9H,6H2,1H3. The summed E-state index contributed by atoms with van der Waals surface area (Å²) in [5.41, 5.74) is 1.83. The number of benzene rings is 1. The van der Waals surface area contributed by atoms with Crippen molar-refractivity contribution in [1.29, 1.82) is 0 Å². The Hall–Kier alpha value is -1.58. The molecule has 0 atom stereocenters. The Morgan fingerprint density at radius 2 is 2.17 bits per heavy atom. The van der Waals surface area contributed by atoms with Crippen molar-refractivity contribution in [3.63, 3.8) is 0 Å². The molecular weight excluding hydrogens is 156 g/mol. The van der Waals surface area contributed by atoms with Crippen molar-refractivity contribution >= 4 is 5.69 Å². The van der Waals surface area contributed by atoms with Gasteiger partial charge >= 0.3 is 0 Å². The van der Waals surface area contributed by atoms with Gasteiger partial charge in [0.2, 0.25) is 0 Å². The largest absolute Gasteiger partial charge is 0.326 e. The van der Waals surface area contributed by atoms with Gasteiger partial charge in [-0.25, -0.2) is 0 Å². The predicted molar refractivity (Wildman–Crippen MR) is 46.7 cm³/mol. The number of nitrogens with zero attached hydrogens (tertiary/aromatic N) is 1. The summed E-state index contributed by atoms with van der Waals surface area (Å²) in [6, 6.07) is 7.46. The van der Waals surface area contributed by atoms with E-state index in [1.54, 1.807) is 0 Å². The molecule has 0 saturated carbocycles. The molecule has 0 aliphatic rings. The number of para-hydroxylation sites is 1. The van der Waals surface area contributed by atoms with Crippen LogP contribution in [0.4, 0.5) is 5.69 Å². The van der Waals surface area contributed by atoms with Gasteiger partial charge in [0, 0.05) is 10.6 Å². The van der Waals surface area contributed by atoms with Crippen LogP contribution in [0.3, 0.4) is 0 Å². The molecule has 64 valence electrons. The molecule has 1 aromatic rings. The van der Waals surface area contributed by atoms with Gasteiger partial charge in [0.1, 0.15) is 0 Å². The minimum absolute atomic E-state index is 0.231. The van der Waals surface area contributed by atoms with Gasteiger partial charge in [0.05, 0.1) is 0 Å². The van der Waals surface area contributed by atoms with E-state index in [0.29, 0.717) is 0 Å². The highest BCUT2D eigenvalue weighted by Gasteiger charge is 1.98. The molecule has 0 heterocycles. The van der Waals surface area contributed by atoms with E-state index in [2.05, 4.69) is 5.32 Å². The summed E-state index contributed by atoms with van der Waals surface area (Å²) in [5.74, 6) is 0. The first-order valence-corrected chi connectivity index (χ1v) is 3.61. The molecule has 0 radical (unpaired) electrons. The number of rotatable bonds is 3. The highest BCUT2D eigenvalue weighted by Crippen LogP contribution is 2.11. The molecule has 0 aliphatic heterocycles. The Morgan fingerprint density at radius 3 is 2.75 bits per heavy atom. The average Bonchev–Trinajstić information content (AvgIpc) is 2.03. The normalized spacial score (nSPS) is 9.42. The zero-order valence-electron chi connectivity index (χ0n) is 6.78. The first-order chi connectivity index (χ1) is 5.70. The van der Waals surface area contributed by atoms with Gasteiger partial charge in [-0.15, -0.1) is 0 Å². The van der Waals surface area contributed by atoms with E-state index in [1.807, 2.05) is 31.2 Å². The van der Waals surface area contributed by atoms with Gasteiger partial charge in [0.25, 0.3) is 6.67 Å². The highest BCUT2D eigenvalue weighted by atomic mass is 16.6. The quantitative estimate of drug-likeness (QED) is 0.422. The first kappa shape index (κ1) is 8.52. The molecule has 0 spiro atoms. The molecule has 12 heavy (non-hydrogen) atoms. The SMILES string of the molecule is Cc1ccccc1NC[N+](=O)[O-]. The maximum atomic E-state index is 10.0. The van der Waals surface area contributed by atoms with E-state index in [-0.39, 0.29) is 6.67 Å². The van der Waals surface area contributed by atoms with Crippen molar-refractivity contribution in [1.82, 2.24) is 0 Å². The van der Waals surface area contributed by atoms with E-state index >= 15 is 0 Å². The van der Waals surface area contributed by atoms with Crippen molar-refractivity contribution in [2.24, 2.45) is 0 Å². The Labute approximate surface area is 70.4 Å². The van der Waals surface area contributed by atoms with Gasteiger partial charge in [0.15, 0.2) is 0 Å². The topological polar surface area (TPSA) is 55.2 Å². The van der Waals surface area contributed by atoms with Crippen molar-refractivity contribution in [3.05, 3.63) is 39.9 Å². The van der Waals surface area contributed by atoms with E-state index in [9.17, 15) is 10.1 Å². The Balaban J connectivity index is 2.63. The van der Waals surface area contributed by atoms with Gasteiger partial charge in [-0.3, -0.25) is 10.1 Å². The lowest BCUT2D eigenvalue weighted by Gasteiger charge is -2.03. The van der Waals surface area contributed by atoms with Crippen molar-refractivity contribution in [3.8, 4) is 0 Å². The van der Waals surface area contributed by atoms with Crippen LogP contribution in [0.5, 0.6) is 0 Å². The fourth-order valence-corrected chi connectivity index (χ4v) is 0.921. The number of nitro groups is 1. The van der Waals surface area contributed by atoms with Crippen LogP contribution in [-0.2, 0) is 0 Å². The predicted octanol–water partition coefficient (Wildman–Crippen LogP) is 1.64. The minimum atomic E-state index is -0.396. The number of anilines is 1. The third-order valence-corrected chi connectivity index (χ3v) is 1.54. The van der Waals surface area contributed by atoms with Crippen LogP contribution in [-0.4, -0.2) is 11.6 Å². The fraction of sp³-hybridized carbons (Fsp3) is 0.250. The lowest BCUT2D eigenvalue weighted by atomic mass is 10.2. The summed E-state index contributed by atoms with van der Waals surface area (Å²) in [7, 11) is 0. The summed E-state index contributed by atoms with van der Waals surface area (Å²) < 4.78 is 0. The van der Waals surface area contributed by atoms with E-state index < -0.39 is 4.92 Å². The van der Waals surface area contributed by atoms with Crippen LogP contribution >= 0.6 is 0 Å². The molecule has 4 nitrogen and oxygen atoms in total. The van der Waals surface area contributed by atoms with Crippen LogP contribution in [0.2, 0.25) is 0 Å². The maximum absolute atomic E-state index is 10.0. The molecule has 0 unspecified atom stereocenters. The minimum Gasteiger partial charge on any atom is -0.326 e. The highest BCUT2D eigenvalue weighted by molar-refractivity contribution is 5.49. The third kappa shape index (κ3) is 2.23. The van der Waals surface area contributed by atoms with Gasteiger partial charge in [-0.05, 0) is 18.6 Å². The van der Waals surface area contributed by atoms with Crippen LogP contribution in [0, 0.1) is 17.0 Å². The monoisotopic (exact) mass is 166 g/mol. The molecule has 4 heteroatoms. The van der Waals surface area contributed by atoms with Crippen LogP contribution in [0.1, 0.15) is 5.56 Å². The molecule has 1 N–H and O–H groups in total. The Kier molecular flexibility index (Phi) is 2.63. The molecule has 0 aromatic heterocycles. The van der Waals surface area contributed by atoms with E-state index in [1.165, 1.54) is 0 Å². The maximum Gasteiger partial charge on any atom is 0.275 e. The van der Waals surface area contributed by atoms with Crippen LogP contribution < -0.4 is 5.32 Å². The molecular formula is C8H10N2O2. The smallest absolute Gasteiger partial charge is 0.275 e. The summed E-state index contributed by atoms with van der Waals surface area (Å²) in [6.45, 7) is 1.67. The number of hydrogen-bond acceptors (Lipinski definition) is 3. The second-order valence-corrected chi connectivity index (χ2v) is 2.48. The van der Waals surface area contributed by atoms with Gasteiger partial charge < -0.3 is 5.32 Å². The fourth-order valence-electron chi connectivity index (χ4n) is 0.921. The summed E-state index contributed by atoms with van der Waals surface area (Å²) >= 11 is 0. The molecule has 0 fully saturated rings. The number of hydrogen-bond donors (Lipinski definition) is 1. The van der Waals surface area contributed by atoms with E-state index in [0.717, 1.165) is 11.3 Å². The molecule has 0 aliphatic carbocycles. The molecule has 1 rings (SSSR count). The Morgan fingerprint density at radius 1 is 1.50 bits per heavy atom. The van der Waals surface area contributed by atoms with Crippen molar-refractivity contribution in [2.45, 2.75) is 6.92 Å². The third-order valence-electron chi connectivity index (χ3n) is 1.54. The number of aryl methyl sites for hydroxylation is 1. The van der Waals surface area contributed by atoms with E-state index in [4.69, 9.17) is 0 Å². The van der Waals surface area contributed by atoms with Crippen LogP contribution in [0.15, 0.2) is 24.3 Å². The summed E-state index contributed by atoms with van der Waals surface area (Å²) in [5, 5.41) is 12.7. The molecule has 1 aromatic carbocycles. The van der Waals surface area contributed by atoms with Gasteiger partial charge in [-0.1, -0.05) is 18.2 Å². The van der Waals surface area contributed by atoms with Crippen molar-refractivity contribution in [2.75, 3.05) is 12.0 Å². The molecule has 0 amide bonds. The zero-order chi connectivity index (χ0) is 8.97. The molecule has 0 saturated heterocycles. The summed E-state index contributed by atoms with van der Waals surface area (Å²) in [4.78, 5) is 9.63. The average molecular weight is 166 g/mol. The summed E-state index contributed by atoms with van der Waals surface area (Å²) in [6.07, 6.45) is 0. The van der Waals surface area contributed by atoms with Gasteiger partial charge in [-0.2, -0.15) is 0 Å². The number of nitrogens with one attached hydrogen (secondary N) is 1. The molecule has 0 bridgehead atoms.